The summed E-state index contributed by atoms with van der Waals surface area (Å²) in [5.41, 5.74) is 0.355. The van der Waals surface area contributed by atoms with E-state index >= 15 is 0 Å². The predicted molar refractivity (Wildman–Crippen MR) is 83.7 cm³/mol. The van der Waals surface area contributed by atoms with Gasteiger partial charge in [-0.15, -0.1) is 0 Å². The Morgan fingerprint density at radius 1 is 1.14 bits per heavy atom. The Kier molecular flexibility index (Phi) is 5.09. The maximum atomic E-state index is 13.7. The van der Waals surface area contributed by atoms with E-state index in [4.69, 9.17) is 11.6 Å². The third kappa shape index (κ3) is 3.68. The molecule has 0 aromatic heterocycles. The molecule has 0 heterocycles. The number of rotatable bonds is 4. The van der Waals surface area contributed by atoms with Crippen LogP contribution in [0.3, 0.4) is 0 Å². The molecule has 3 nitrogen and oxygen atoms in total. The van der Waals surface area contributed by atoms with E-state index in [1.807, 2.05) is 0 Å². The Morgan fingerprint density at radius 2 is 1.86 bits per heavy atom. The molecule has 0 aliphatic rings. The summed E-state index contributed by atoms with van der Waals surface area (Å²) in [6.07, 6.45) is 0. The van der Waals surface area contributed by atoms with Gasteiger partial charge in [0.15, 0.2) is 5.78 Å². The minimum Gasteiger partial charge on any atom is -0.325 e. The van der Waals surface area contributed by atoms with Crippen LogP contribution < -0.4 is 5.32 Å². The van der Waals surface area contributed by atoms with Crippen LogP contribution in [-0.4, -0.2) is 17.0 Å². The topological polar surface area (TPSA) is 46.2 Å². The molecule has 0 atom stereocenters. The number of carbonyl (C=O) groups is 2. The van der Waals surface area contributed by atoms with E-state index in [0.717, 1.165) is 0 Å². The number of nitrogens with one attached hydrogen (secondary N) is 1. The van der Waals surface area contributed by atoms with E-state index < -0.39 is 11.6 Å². The molecule has 0 saturated heterocycles. The molecule has 21 heavy (non-hydrogen) atoms. The van der Waals surface area contributed by atoms with Crippen LogP contribution in [-0.2, 0) is 4.79 Å². The Bertz CT molecular complexity index is 706. The monoisotopic (exact) mass is 370 g/mol. The van der Waals surface area contributed by atoms with Gasteiger partial charge < -0.3 is 5.32 Å². The molecule has 2 rings (SSSR count). The van der Waals surface area contributed by atoms with Gasteiger partial charge in [0.05, 0.1) is 16.6 Å². The van der Waals surface area contributed by atoms with Crippen molar-refractivity contribution in [2.24, 2.45) is 0 Å². The van der Waals surface area contributed by atoms with Gasteiger partial charge in [0, 0.05) is 10.6 Å². The summed E-state index contributed by atoms with van der Waals surface area (Å²) in [6.45, 7) is 0. The standard InChI is InChI=1S/C15H10BrClFNO2/c16-8-14(20)19-13-6-5-9(17)7-11(13)15(21)10-3-1-2-4-12(10)18/h1-7H,8H2,(H,19,20)/i14+1. The van der Waals surface area contributed by atoms with Crippen molar-refractivity contribution in [1.29, 1.82) is 0 Å². The Morgan fingerprint density at radius 3 is 2.52 bits per heavy atom. The summed E-state index contributed by atoms with van der Waals surface area (Å²) in [5.74, 6) is -1.49. The van der Waals surface area contributed by atoms with Gasteiger partial charge in [0.25, 0.3) is 0 Å². The maximum absolute atomic E-state index is 13.7. The third-order valence-corrected chi connectivity index (χ3v) is 3.48. The molecular weight excluding hydrogens is 362 g/mol. The summed E-state index contributed by atoms with van der Waals surface area (Å²) in [4.78, 5) is 23.9. The van der Waals surface area contributed by atoms with E-state index in [9.17, 15) is 14.0 Å². The van der Waals surface area contributed by atoms with Crippen molar-refractivity contribution in [3.8, 4) is 0 Å². The largest absolute Gasteiger partial charge is 0.325 e. The van der Waals surface area contributed by atoms with Gasteiger partial charge in [0.1, 0.15) is 5.82 Å². The number of amides is 1. The van der Waals surface area contributed by atoms with E-state index in [1.165, 1.54) is 30.3 Å². The Balaban J connectivity index is 2.47. The number of anilines is 1. The molecule has 0 saturated carbocycles. The van der Waals surface area contributed by atoms with Gasteiger partial charge in [-0.2, -0.15) is 0 Å². The molecule has 1 amide bonds. The van der Waals surface area contributed by atoms with Crippen LogP contribution in [0.4, 0.5) is 10.1 Å². The summed E-state index contributed by atoms with van der Waals surface area (Å²) in [6, 6.07) is 10.1. The fraction of sp³-hybridized carbons (Fsp3) is 0.0667. The molecule has 0 bridgehead atoms. The molecule has 2 aromatic rings. The zero-order chi connectivity index (χ0) is 15.4. The highest BCUT2D eigenvalue weighted by atomic mass is 79.9. The SMILES string of the molecule is O=C(c1ccccc1F)c1cc(Cl)ccc1N[13C](=O)CBr. The lowest BCUT2D eigenvalue weighted by Gasteiger charge is -2.10. The average Bonchev–Trinajstić information content (AvgIpc) is 2.48. The highest BCUT2D eigenvalue weighted by Crippen LogP contribution is 2.24. The van der Waals surface area contributed by atoms with Crippen molar-refractivity contribution in [1.82, 2.24) is 0 Å². The number of benzene rings is 2. The minimum absolute atomic E-state index is 0.0749. The lowest BCUT2D eigenvalue weighted by molar-refractivity contribution is -0.113. The molecule has 0 fully saturated rings. The Hall–Kier alpha value is -1.72. The molecule has 2 aromatic carbocycles. The molecule has 108 valence electrons. The molecule has 0 spiro atoms. The Labute approximate surface area is 134 Å². The number of ketones is 1. The smallest absolute Gasteiger partial charge is 0.235 e. The van der Waals surface area contributed by atoms with E-state index in [0.29, 0.717) is 5.02 Å². The first-order valence-corrected chi connectivity index (χ1v) is 7.47. The quantitative estimate of drug-likeness (QED) is 0.501. The van der Waals surface area contributed by atoms with Crippen LogP contribution in [0, 0.1) is 5.82 Å². The van der Waals surface area contributed by atoms with Crippen molar-refractivity contribution < 1.29 is 14.0 Å². The van der Waals surface area contributed by atoms with Crippen LogP contribution in [0.1, 0.15) is 15.9 Å². The van der Waals surface area contributed by atoms with Crippen LogP contribution in [0.25, 0.3) is 0 Å². The second kappa shape index (κ2) is 6.83. The number of alkyl halides is 1. The highest BCUT2D eigenvalue weighted by Gasteiger charge is 2.18. The first kappa shape index (κ1) is 15.7. The van der Waals surface area contributed by atoms with Gasteiger partial charge in [-0.05, 0) is 30.3 Å². The molecule has 1 N–H and O–H groups in total. The highest BCUT2D eigenvalue weighted by molar-refractivity contribution is 9.09. The minimum atomic E-state index is -0.625. The predicted octanol–water partition coefficient (Wildman–Crippen LogP) is 4.04. The summed E-state index contributed by atoms with van der Waals surface area (Å²) in [5, 5.41) is 2.98. The van der Waals surface area contributed by atoms with Gasteiger partial charge in [0.2, 0.25) is 5.91 Å². The van der Waals surface area contributed by atoms with Gasteiger partial charge in [-0.1, -0.05) is 39.7 Å². The summed E-state index contributed by atoms with van der Waals surface area (Å²) in [7, 11) is 0. The first-order chi connectivity index (χ1) is 10.0. The van der Waals surface area contributed by atoms with Gasteiger partial charge >= 0.3 is 0 Å². The van der Waals surface area contributed by atoms with Crippen molar-refractivity contribution in [3.05, 3.63) is 64.4 Å². The van der Waals surface area contributed by atoms with Crippen molar-refractivity contribution in [2.45, 2.75) is 0 Å². The lowest BCUT2D eigenvalue weighted by Crippen LogP contribution is -2.16. The van der Waals surface area contributed by atoms with Crippen LogP contribution in [0.5, 0.6) is 0 Å². The van der Waals surface area contributed by atoms with E-state index in [1.54, 1.807) is 12.1 Å². The molecule has 0 aliphatic heterocycles. The second-order valence-electron chi connectivity index (χ2n) is 4.18. The summed E-state index contributed by atoms with van der Waals surface area (Å²) < 4.78 is 13.7. The van der Waals surface area contributed by atoms with Crippen LogP contribution in [0.15, 0.2) is 42.5 Å². The molecule has 0 aliphatic carbocycles. The fourth-order valence-corrected chi connectivity index (χ4v) is 2.10. The van der Waals surface area contributed by atoms with E-state index in [2.05, 4.69) is 21.2 Å². The zero-order valence-corrected chi connectivity index (χ0v) is 13.0. The first-order valence-electron chi connectivity index (χ1n) is 5.97. The third-order valence-electron chi connectivity index (χ3n) is 2.74. The van der Waals surface area contributed by atoms with Gasteiger partial charge in [-0.3, -0.25) is 9.59 Å². The molecule has 6 heteroatoms. The van der Waals surface area contributed by atoms with Crippen molar-refractivity contribution in [2.75, 3.05) is 10.6 Å². The molecular formula is C15H10BrClFNO2. The van der Waals surface area contributed by atoms with Crippen molar-refractivity contribution >= 4 is 44.9 Å². The normalized spacial score (nSPS) is 10.2. The number of carbonyl (C=O) groups excluding carboxylic acids is 2. The lowest BCUT2D eigenvalue weighted by atomic mass is 10.0. The number of halogens is 3. The van der Waals surface area contributed by atoms with Crippen LogP contribution >= 0.6 is 27.5 Å². The fourth-order valence-electron chi connectivity index (χ4n) is 1.79. The summed E-state index contributed by atoms with van der Waals surface area (Å²) >= 11 is 8.91. The maximum Gasteiger partial charge on any atom is 0.235 e. The van der Waals surface area contributed by atoms with Crippen molar-refractivity contribution in [3.63, 3.8) is 0 Å². The van der Waals surface area contributed by atoms with E-state index in [-0.39, 0.29) is 28.1 Å². The van der Waals surface area contributed by atoms with Crippen LogP contribution in [0.2, 0.25) is 5.02 Å². The average molecular weight is 372 g/mol. The molecule has 0 radical (unpaired) electrons. The second-order valence-corrected chi connectivity index (χ2v) is 5.18. The number of hydrogen-bond acceptors (Lipinski definition) is 2. The number of hydrogen-bond donors (Lipinski definition) is 1. The molecule has 0 unspecified atom stereocenters. The zero-order valence-electron chi connectivity index (χ0n) is 10.7. The van der Waals surface area contributed by atoms with Gasteiger partial charge in [-0.25, -0.2) is 4.39 Å².